The summed E-state index contributed by atoms with van der Waals surface area (Å²) in [5.41, 5.74) is -0.490. The summed E-state index contributed by atoms with van der Waals surface area (Å²) >= 11 is 0. The number of benzene rings is 1. The standard InChI is InChI=1S/C20H17F2N3O5/c1-20(29-2,19(21)22)16(18(27)25-28)24-17(26)14-9-7-13(8-10-14)5-3-4-6-15-11-12-23-30-15/h7-12,16,19,28H,1-2H3,(H,24,26)(H,25,27)/t16-,20?/m1/s1. The number of hydroxylamine groups is 1. The molecule has 8 nitrogen and oxygen atoms in total. The van der Waals surface area contributed by atoms with Gasteiger partial charge in [0.1, 0.15) is 6.04 Å². The maximum atomic E-state index is 13.4. The third-order valence-corrected chi connectivity index (χ3v) is 4.13. The highest BCUT2D eigenvalue weighted by Crippen LogP contribution is 2.24. The molecule has 3 N–H and O–H groups in total. The molecule has 0 bridgehead atoms. The van der Waals surface area contributed by atoms with Crippen LogP contribution in [-0.4, -0.2) is 47.4 Å². The zero-order chi connectivity index (χ0) is 22.1. The van der Waals surface area contributed by atoms with Crippen LogP contribution < -0.4 is 10.8 Å². The molecule has 0 aliphatic rings. The fourth-order valence-electron chi connectivity index (χ4n) is 2.26. The smallest absolute Gasteiger partial charge is 0.269 e. The minimum absolute atomic E-state index is 0.0803. The Morgan fingerprint density at radius 2 is 1.87 bits per heavy atom. The Morgan fingerprint density at radius 3 is 2.40 bits per heavy atom. The number of alkyl halides is 2. The number of ether oxygens (including phenoxy) is 1. The zero-order valence-corrected chi connectivity index (χ0v) is 15.9. The summed E-state index contributed by atoms with van der Waals surface area (Å²) in [4.78, 5) is 24.3. The Bertz CT molecular complexity index is 1000. The lowest BCUT2D eigenvalue weighted by molar-refractivity contribution is -0.157. The highest BCUT2D eigenvalue weighted by atomic mass is 19.3. The summed E-state index contributed by atoms with van der Waals surface area (Å²) in [5.74, 6) is 8.87. The molecule has 1 aromatic carbocycles. The summed E-state index contributed by atoms with van der Waals surface area (Å²) < 4.78 is 36.3. The highest BCUT2D eigenvalue weighted by molar-refractivity contribution is 5.97. The molecular weight excluding hydrogens is 400 g/mol. The number of halogens is 2. The van der Waals surface area contributed by atoms with Crippen LogP contribution >= 0.6 is 0 Å². The van der Waals surface area contributed by atoms with Crippen molar-refractivity contribution in [3.63, 3.8) is 0 Å². The molecule has 2 atom stereocenters. The molecule has 156 valence electrons. The van der Waals surface area contributed by atoms with Gasteiger partial charge in [0.05, 0.1) is 6.20 Å². The lowest BCUT2D eigenvalue weighted by atomic mass is 9.95. The maximum Gasteiger partial charge on any atom is 0.269 e. The van der Waals surface area contributed by atoms with Crippen LogP contribution in [0, 0.1) is 23.7 Å². The lowest BCUT2D eigenvalue weighted by Gasteiger charge is -2.34. The molecule has 1 unspecified atom stereocenters. The van der Waals surface area contributed by atoms with Crippen LogP contribution in [0.25, 0.3) is 0 Å². The molecule has 2 aromatic rings. The van der Waals surface area contributed by atoms with E-state index in [4.69, 9.17) is 14.5 Å². The number of rotatable bonds is 6. The summed E-state index contributed by atoms with van der Waals surface area (Å²) in [5, 5.41) is 14.5. The van der Waals surface area contributed by atoms with E-state index in [0.717, 1.165) is 14.0 Å². The minimum Gasteiger partial charge on any atom is -0.370 e. The quantitative estimate of drug-likeness (QED) is 0.372. The molecule has 0 saturated heterocycles. The number of methoxy groups -OCH3 is 1. The molecule has 10 heteroatoms. The van der Waals surface area contributed by atoms with E-state index in [1.165, 1.54) is 35.9 Å². The normalized spacial score (nSPS) is 13.1. The molecule has 30 heavy (non-hydrogen) atoms. The van der Waals surface area contributed by atoms with Crippen molar-refractivity contribution in [2.24, 2.45) is 0 Å². The van der Waals surface area contributed by atoms with Gasteiger partial charge in [0, 0.05) is 24.3 Å². The van der Waals surface area contributed by atoms with E-state index < -0.39 is 29.9 Å². The number of aromatic nitrogens is 1. The molecule has 2 amide bonds. The van der Waals surface area contributed by atoms with Crippen LogP contribution in [0.1, 0.15) is 28.6 Å². The average Bonchev–Trinajstić information content (AvgIpc) is 3.27. The molecule has 0 spiro atoms. The van der Waals surface area contributed by atoms with Crippen molar-refractivity contribution in [3.8, 4) is 23.7 Å². The maximum absolute atomic E-state index is 13.4. The number of carbonyl (C=O) groups is 2. The second kappa shape index (κ2) is 10.2. The molecule has 0 saturated carbocycles. The Hall–Kier alpha value is -3.73. The molecule has 0 aliphatic heterocycles. The lowest BCUT2D eigenvalue weighted by Crippen LogP contribution is -2.62. The Kier molecular flexibility index (Phi) is 7.64. The fourth-order valence-corrected chi connectivity index (χ4v) is 2.26. The molecule has 1 heterocycles. The van der Waals surface area contributed by atoms with E-state index in [-0.39, 0.29) is 5.56 Å². The Balaban J connectivity index is 2.13. The van der Waals surface area contributed by atoms with E-state index in [2.05, 4.69) is 34.2 Å². The first-order valence-corrected chi connectivity index (χ1v) is 8.42. The number of hydrogen-bond acceptors (Lipinski definition) is 6. The predicted molar refractivity (Wildman–Crippen MR) is 99.3 cm³/mol. The Morgan fingerprint density at radius 1 is 1.20 bits per heavy atom. The number of hydrogen-bond donors (Lipinski definition) is 3. The fraction of sp³-hybridized carbons (Fsp3) is 0.250. The van der Waals surface area contributed by atoms with Crippen molar-refractivity contribution < 1.29 is 32.8 Å². The number of nitrogens with one attached hydrogen (secondary N) is 2. The number of nitrogens with zero attached hydrogens (tertiary/aromatic N) is 1. The van der Waals surface area contributed by atoms with Crippen LogP contribution in [0.3, 0.4) is 0 Å². The van der Waals surface area contributed by atoms with Crippen LogP contribution in [0.5, 0.6) is 0 Å². The van der Waals surface area contributed by atoms with Gasteiger partial charge in [-0.3, -0.25) is 14.8 Å². The first kappa shape index (κ1) is 22.6. The van der Waals surface area contributed by atoms with Gasteiger partial charge in [-0.1, -0.05) is 11.1 Å². The monoisotopic (exact) mass is 417 g/mol. The molecule has 0 radical (unpaired) electrons. The van der Waals surface area contributed by atoms with Gasteiger partial charge in [0.25, 0.3) is 18.2 Å². The van der Waals surface area contributed by atoms with Crippen molar-refractivity contribution in [2.45, 2.75) is 25.0 Å². The topological polar surface area (TPSA) is 114 Å². The third-order valence-electron chi connectivity index (χ3n) is 4.13. The summed E-state index contributed by atoms with van der Waals surface area (Å²) in [6.07, 6.45) is -1.67. The van der Waals surface area contributed by atoms with Crippen molar-refractivity contribution in [1.82, 2.24) is 16.0 Å². The first-order chi connectivity index (χ1) is 14.3. The number of carbonyl (C=O) groups excluding carboxylic acids is 2. The third kappa shape index (κ3) is 5.41. The van der Waals surface area contributed by atoms with E-state index in [9.17, 15) is 18.4 Å². The first-order valence-electron chi connectivity index (χ1n) is 8.42. The summed E-state index contributed by atoms with van der Waals surface area (Å²) in [6.45, 7) is 0.941. The largest absolute Gasteiger partial charge is 0.370 e. The van der Waals surface area contributed by atoms with Crippen molar-refractivity contribution >= 4 is 11.8 Å². The van der Waals surface area contributed by atoms with Crippen LogP contribution in [0.4, 0.5) is 8.78 Å². The van der Waals surface area contributed by atoms with Gasteiger partial charge < -0.3 is 14.6 Å². The van der Waals surface area contributed by atoms with Crippen LogP contribution in [0.2, 0.25) is 0 Å². The molecule has 0 fully saturated rings. The summed E-state index contributed by atoms with van der Waals surface area (Å²) in [7, 11) is 0.967. The van der Waals surface area contributed by atoms with Gasteiger partial charge in [-0.2, -0.15) is 0 Å². The predicted octanol–water partition coefficient (Wildman–Crippen LogP) is 1.35. The van der Waals surface area contributed by atoms with Gasteiger partial charge in [-0.25, -0.2) is 14.3 Å². The highest BCUT2D eigenvalue weighted by Gasteiger charge is 2.48. The van der Waals surface area contributed by atoms with Crippen molar-refractivity contribution in [3.05, 3.63) is 53.4 Å². The average molecular weight is 417 g/mol. The van der Waals surface area contributed by atoms with E-state index in [1.54, 1.807) is 6.07 Å². The number of amides is 2. The molecule has 2 rings (SSSR count). The molecule has 1 aromatic heterocycles. The zero-order valence-electron chi connectivity index (χ0n) is 15.9. The summed E-state index contributed by atoms with van der Waals surface area (Å²) in [6, 6.07) is 5.54. The SMILES string of the molecule is COC(C)(C(F)F)[C@H](NC(=O)c1ccc(C#CC#Cc2ccno2)cc1)C(=O)NO. The van der Waals surface area contributed by atoms with Crippen LogP contribution in [-0.2, 0) is 9.53 Å². The van der Waals surface area contributed by atoms with Crippen molar-refractivity contribution in [1.29, 1.82) is 0 Å². The van der Waals surface area contributed by atoms with Gasteiger partial charge >= 0.3 is 0 Å². The van der Waals surface area contributed by atoms with E-state index in [1.807, 2.05) is 0 Å². The van der Waals surface area contributed by atoms with Gasteiger partial charge in [0.2, 0.25) is 5.76 Å². The van der Waals surface area contributed by atoms with Gasteiger partial charge in [0.15, 0.2) is 5.60 Å². The van der Waals surface area contributed by atoms with E-state index >= 15 is 0 Å². The van der Waals surface area contributed by atoms with E-state index in [0.29, 0.717) is 11.3 Å². The Labute approximate surface area is 170 Å². The van der Waals surface area contributed by atoms with Crippen LogP contribution in [0.15, 0.2) is 41.1 Å². The second-order valence-corrected chi connectivity index (χ2v) is 6.03. The van der Waals surface area contributed by atoms with Crippen molar-refractivity contribution in [2.75, 3.05) is 7.11 Å². The van der Waals surface area contributed by atoms with Gasteiger partial charge in [-0.05, 0) is 49.0 Å². The molecule has 0 aliphatic carbocycles. The second-order valence-electron chi connectivity index (χ2n) is 6.03. The van der Waals surface area contributed by atoms with Gasteiger partial charge in [-0.15, -0.1) is 0 Å². The minimum atomic E-state index is -3.12. The molecular formula is C20H17F2N3O5.